The Morgan fingerprint density at radius 3 is 3.00 bits per heavy atom. The van der Waals surface area contributed by atoms with Crippen LogP contribution in [0.3, 0.4) is 0 Å². The van der Waals surface area contributed by atoms with Crippen molar-refractivity contribution in [2.24, 2.45) is 5.92 Å². The van der Waals surface area contributed by atoms with Crippen LogP contribution < -0.4 is 10.1 Å². The number of nitrogens with zero attached hydrogens (tertiary/aromatic N) is 1. The van der Waals surface area contributed by atoms with Crippen LogP contribution in [0.4, 0.5) is 4.39 Å². The largest absolute Gasteiger partial charge is 0.477 e. The molecule has 3 nitrogen and oxygen atoms in total. The van der Waals surface area contributed by atoms with Gasteiger partial charge < -0.3 is 10.1 Å². The van der Waals surface area contributed by atoms with Gasteiger partial charge in [0.25, 0.3) is 0 Å². The van der Waals surface area contributed by atoms with E-state index in [4.69, 9.17) is 4.74 Å². The topological polar surface area (TPSA) is 34.1 Å². The Balaban J connectivity index is 1.55. The molecule has 0 saturated carbocycles. The SMILES string of the molecule is Fc1ccc(OC[C@H]2CC[C@@H]3CCC2N3)nc1. The van der Waals surface area contributed by atoms with E-state index in [0.717, 1.165) is 6.04 Å². The molecule has 3 atom stereocenters. The number of pyridine rings is 1. The minimum atomic E-state index is -0.324. The number of rotatable bonds is 3. The molecule has 3 rings (SSSR count). The zero-order valence-electron chi connectivity index (χ0n) is 9.73. The lowest BCUT2D eigenvalue weighted by Crippen LogP contribution is -2.42. The summed E-state index contributed by atoms with van der Waals surface area (Å²) < 4.78 is 18.3. The molecule has 1 aromatic rings. The van der Waals surface area contributed by atoms with Crippen LogP contribution in [0.1, 0.15) is 25.7 Å². The van der Waals surface area contributed by atoms with Crippen LogP contribution in [0.5, 0.6) is 5.88 Å². The van der Waals surface area contributed by atoms with Crippen molar-refractivity contribution in [1.29, 1.82) is 0 Å². The van der Waals surface area contributed by atoms with Gasteiger partial charge in [-0.25, -0.2) is 9.37 Å². The number of fused-ring (bicyclic) bond motifs is 2. The summed E-state index contributed by atoms with van der Waals surface area (Å²) in [6.07, 6.45) is 6.23. The van der Waals surface area contributed by atoms with E-state index in [9.17, 15) is 4.39 Å². The number of hydrogen-bond donors (Lipinski definition) is 1. The lowest BCUT2D eigenvalue weighted by molar-refractivity contribution is 0.177. The van der Waals surface area contributed by atoms with E-state index in [1.807, 2.05) is 0 Å². The van der Waals surface area contributed by atoms with E-state index in [-0.39, 0.29) is 5.82 Å². The smallest absolute Gasteiger partial charge is 0.213 e. The maximum absolute atomic E-state index is 12.7. The second-order valence-corrected chi connectivity index (χ2v) is 5.01. The molecule has 1 N–H and O–H groups in total. The molecular formula is C13H17FN2O. The zero-order valence-corrected chi connectivity index (χ0v) is 9.73. The van der Waals surface area contributed by atoms with E-state index < -0.39 is 0 Å². The molecule has 1 aromatic heterocycles. The first-order chi connectivity index (χ1) is 8.31. The van der Waals surface area contributed by atoms with Gasteiger partial charge in [0, 0.05) is 24.1 Å². The second kappa shape index (κ2) is 4.61. The fourth-order valence-electron chi connectivity index (χ4n) is 2.91. The molecule has 0 aromatic carbocycles. The summed E-state index contributed by atoms with van der Waals surface area (Å²) in [7, 11) is 0. The Hall–Kier alpha value is -1.16. The van der Waals surface area contributed by atoms with Crippen molar-refractivity contribution in [3.63, 3.8) is 0 Å². The average molecular weight is 236 g/mol. The maximum Gasteiger partial charge on any atom is 0.213 e. The highest BCUT2D eigenvalue weighted by molar-refractivity contribution is 5.10. The monoisotopic (exact) mass is 236 g/mol. The van der Waals surface area contributed by atoms with Gasteiger partial charge >= 0.3 is 0 Å². The molecule has 4 heteroatoms. The number of piperidine rings is 1. The molecule has 92 valence electrons. The number of halogens is 1. The Morgan fingerprint density at radius 1 is 1.29 bits per heavy atom. The second-order valence-electron chi connectivity index (χ2n) is 5.01. The summed E-state index contributed by atoms with van der Waals surface area (Å²) in [5.41, 5.74) is 0. The van der Waals surface area contributed by atoms with Crippen molar-refractivity contribution in [2.75, 3.05) is 6.61 Å². The molecule has 2 bridgehead atoms. The molecule has 17 heavy (non-hydrogen) atoms. The van der Waals surface area contributed by atoms with Crippen molar-refractivity contribution in [1.82, 2.24) is 10.3 Å². The Kier molecular flexibility index (Phi) is 2.97. The number of aromatic nitrogens is 1. The van der Waals surface area contributed by atoms with Gasteiger partial charge in [-0.3, -0.25) is 0 Å². The lowest BCUT2D eigenvalue weighted by atomic mass is 9.93. The van der Waals surface area contributed by atoms with Crippen LogP contribution in [0.2, 0.25) is 0 Å². The van der Waals surface area contributed by atoms with E-state index in [1.54, 1.807) is 6.07 Å². The van der Waals surface area contributed by atoms with Gasteiger partial charge in [-0.15, -0.1) is 0 Å². The van der Waals surface area contributed by atoms with Gasteiger partial charge in [0.05, 0.1) is 12.8 Å². The van der Waals surface area contributed by atoms with E-state index in [2.05, 4.69) is 10.3 Å². The van der Waals surface area contributed by atoms with Gasteiger partial charge in [0.15, 0.2) is 0 Å². The molecule has 0 radical (unpaired) electrons. The number of ether oxygens (including phenoxy) is 1. The first-order valence-corrected chi connectivity index (χ1v) is 6.31. The van der Waals surface area contributed by atoms with Crippen LogP contribution in [-0.4, -0.2) is 23.7 Å². The highest BCUT2D eigenvalue weighted by atomic mass is 19.1. The van der Waals surface area contributed by atoms with E-state index in [1.165, 1.54) is 37.9 Å². The molecule has 2 fully saturated rings. The first kappa shape index (κ1) is 11.0. The van der Waals surface area contributed by atoms with Crippen LogP contribution in [0, 0.1) is 11.7 Å². The number of nitrogens with one attached hydrogen (secondary N) is 1. The molecule has 2 saturated heterocycles. The molecule has 0 amide bonds. The molecule has 1 unspecified atom stereocenters. The molecule has 2 aliphatic rings. The van der Waals surface area contributed by atoms with Gasteiger partial charge in [-0.2, -0.15) is 0 Å². The standard InChI is InChI=1S/C13H17FN2O/c14-10-2-6-13(15-7-10)17-8-9-1-3-11-4-5-12(9)16-11/h2,6-7,9,11-12,16H,1,3-5,8H2/t9-,11-,12?/m1/s1. The van der Waals surface area contributed by atoms with Gasteiger partial charge in [-0.05, 0) is 31.7 Å². The summed E-state index contributed by atoms with van der Waals surface area (Å²) >= 11 is 0. The quantitative estimate of drug-likeness (QED) is 0.873. The van der Waals surface area contributed by atoms with Crippen molar-refractivity contribution in [3.8, 4) is 5.88 Å². The average Bonchev–Trinajstić information content (AvgIpc) is 2.73. The minimum absolute atomic E-state index is 0.324. The first-order valence-electron chi connectivity index (χ1n) is 6.31. The third-order valence-corrected chi connectivity index (χ3v) is 3.88. The normalized spacial score (nSPS) is 31.5. The van der Waals surface area contributed by atoms with Crippen LogP contribution in [0.25, 0.3) is 0 Å². The third kappa shape index (κ3) is 2.41. The summed E-state index contributed by atoms with van der Waals surface area (Å²) in [5, 5.41) is 3.63. The molecular weight excluding hydrogens is 219 g/mol. The van der Waals surface area contributed by atoms with Crippen LogP contribution >= 0.6 is 0 Å². The third-order valence-electron chi connectivity index (χ3n) is 3.88. The molecule has 0 aliphatic carbocycles. The highest BCUT2D eigenvalue weighted by Crippen LogP contribution is 2.31. The summed E-state index contributed by atoms with van der Waals surface area (Å²) in [6.45, 7) is 0.684. The highest BCUT2D eigenvalue weighted by Gasteiger charge is 2.35. The maximum atomic E-state index is 12.7. The van der Waals surface area contributed by atoms with E-state index >= 15 is 0 Å². The van der Waals surface area contributed by atoms with Crippen molar-refractivity contribution in [3.05, 3.63) is 24.1 Å². The minimum Gasteiger partial charge on any atom is -0.477 e. The summed E-state index contributed by atoms with van der Waals surface area (Å²) in [4.78, 5) is 3.91. The lowest BCUT2D eigenvalue weighted by Gasteiger charge is -2.29. The fraction of sp³-hybridized carbons (Fsp3) is 0.615. The van der Waals surface area contributed by atoms with Crippen molar-refractivity contribution >= 4 is 0 Å². The van der Waals surface area contributed by atoms with Gasteiger partial charge in [0.1, 0.15) is 5.82 Å². The molecule has 2 aliphatic heterocycles. The van der Waals surface area contributed by atoms with Gasteiger partial charge in [-0.1, -0.05) is 0 Å². The summed E-state index contributed by atoms with van der Waals surface area (Å²) in [6, 6.07) is 4.31. The zero-order chi connectivity index (χ0) is 11.7. The predicted octanol–water partition coefficient (Wildman–Crippen LogP) is 2.13. The van der Waals surface area contributed by atoms with Crippen LogP contribution in [-0.2, 0) is 0 Å². The predicted molar refractivity (Wildman–Crippen MR) is 62.4 cm³/mol. The van der Waals surface area contributed by atoms with Crippen LogP contribution in [0.15, 0.2) is 18.3 Å². The van der Waals surface area contributed by atoms with Crippen molar-refractivity contribution < 1.29 is 9.13 Å². The Morgan fingerprint density at radius 2 is 2.18 bits per heavy atom. The summed E-state index contributed by atoms with van der Waals surface area (Å²) in [5.74, 6) is 0.766. The number of hydrogen-bond acceptors (Lipinski definition) is 3. The van der Waals surface area contributed by atoms with Gasteiger partial charge in [0.2, 0.25) is 5.88 Å². The van der Waals surface area contributed by atoms with E-state index in [0.29, 0.717) is 24.4 Å². The molecule has 0 spiro atoms. The van der Waals surface area contributed by atoms with Crippen molar-refractivity contribution in [2.45, 2.75) is 37.8 Å². The Bertz CT molecular complexity index is 382. The Labute approximate surface area is 100 Å². The fourth-order valence-corrected chi connectivity index (χ4v) is 2.91. The molecule has 3 heterocycles.